The first-order valence-electron chi connectivity index (χ1n) is 9.85. The van der Waals surface area contributed by atoms with E-state index < -0.39 is 15.1 Å². The zero-order valence-corrected chi connectivity index (χ0v) is 18.2. The smallest absolute Gasteiger partial charge is 0.334 e. The third-order valence-corrected chi connectivity index (χ3v) is 5.48. The van der Waals surface area contributed by atoms with Crippen molar-refractivity contribution in [1.82, 2.24) is 0 Å². The highest BCUT2D eigenvalue weighted by Gasteiger charge is 2.19. The molecule has 8 heteroatoms. The molecule has 0 heterocycles. The number of nitrogens with zero attached hydrogens (tertiary/aromatic N) is 3. The Morgan fingerprint density at radius 3 is 2.39 bits per heavy atom. The number of ether oxygens (including phenoxy) is 1. The molecular formula is C23H24FN3O3S. The van der Waals surface area contributed by atoms with Crippen LogP contribution in [0.2, 0.25) is 0 Å². The number of anilines is 1. The number of methoxy groups -OCH3 is 1. The predicted octanol–water partition coefficient (Wildman–Crippen LogP) is 6.01. The van der Waals surface area contributed by atoms with Crippen LogP contribution in [-0.2, 0) is 23.2 Å². The minimum Gasteiger partial charge on any atom is -0.497 e. The average Bonchev–Trinajstić information content (AvgIpc) is 2.77. The van der Waals surface area contributed by atoms with E-state index in [2.05, 4.69) is 17.3 Å². The predicted molar refractivity (Wildman–Crippen MR) is 119 cm³/mol. The fourth-order valence-electron chi connectivity index (χ4n) is 3.10. The molecule has 0 aliphatic carbocycles. The zero-order valence-electron chi connectivity index (χ0n) is 17.4. The summed E-state index contributed by atoms with van der Waals surface area (Å²) in [6.07, 6.45) is 1.93. The van der Waals surface area contributed by atoms with Crippen molar-refractivity contribution in [2.45, 2.75) is 31.2 Å². The Balaban J connectivity index is 2.02. The molecule has 0 saturated carbocycles. The first kappa shape index (κ1) is 22.4. The van der Waals surface area contributed by atoms with Crippen molar-refractivity contribution in [3.63, 3.8) is 0 Å². The third-order valence-electron chi connectivity index (χ3n) is 4.61. The Kier molecular flexibility index (Phi) is 7.36. The van der Waals surface area contributed by atoms with Crippen LogP contribution in [0.15, 0.2) is 88.0 Å². The van der Waals surface area contributed by atoms with Gasteiger partial charge in [-0.15, -0.1) is 9.00 Å². The minimum atomic E-state index is -4.97. The summed E-state index contributed by atoms with van der Waals surface area (Å²) in [5.74, 6) is 0.348. The summed E-state index contributed by atoms with van der Waals surface area (Å²) in [4.78, 5) is -0.559. The fraction of sp³-hybridized carbons (Fsp3) is 0.217. The van der Waals surface area contributed by atoms with Gasteiger partial charge in [0.2, 0.25) is 0 Å². The van der Waals surface area contributed by atoms with Crippen LogP contribution in [0.1, 0.15) is 24.5 Å². The number of halogens is 1. The molecule has 6 nitrogen and oxygen atoms in total. The van der Waals surface area contributed by atoms with E-state index in [-0.39, 0.29) is 5.69 Å². The van der Waals surface area contributed by atoms with Gasteiger partial charge >= 0.3 is 10.2 Å². The number of aryl methyl sites for hydroxylation is 1. The van der Waals surface area contributed by atoms with Crippen LogP contribution in [0.5, 0.6) is 5.75 Å². The van der Waals surface area contributed by atoms with Crippen LogP contribution in [0.3, 0.4) is 0 Å². The highest BCUT2D eigenvalue weighted by molar-refractivity contribution is 7.86. The number of rotatable bonds is 9. The number of hydrogen-bond donors (Lipinski definition) is 0. The first-order valence-corrected chi connectivity index (χ1v) is 11.2. The van der Waals surface area contributed by atoms with Crippen molar-refractivity contribution < 1.29 is 17.0 Å². The number of hydrogen-bond acceptors (Lipinski definition) is 5. The maximum absolute atomic E-state index is 13.8. The Hall–Kier alpha value is -3.26. The normalized spacial score (nSPS) is 11.6. The van der Waals surface area contributed by atoms with E-state index in [0.29, 0.717) is 12.3 Å². The molecular weight excluding hydrogens is 417 g/mol. The molecule has 0 bridgehead atoms. The molecule has 0 unspecified atom stereocenters. The topological polar surface area (TPSA) is 71.3 Å². The second kappa shape index (κ2) is 10.2. The molecule has 0 spiro atoms. The third kappa shape index (κ3) is 6.11. The van der Waals surface area contributed by atoms with E-state index in [1.807, 2.05) is 54.6 Å². The summed E-state index contributed by atoms with van der Waals surface area (Å²) >= 11 is 0. The lowest BCUT2D eigenvalue weighted by Gasteiger charge is -2.19. The van der Waals surface area contributed by atoms with Crippen LogP contribution in [0.4, 0.5) is 15.3 Å². The van der Waals surface area contributed by atoms with Crippen molar-refractivity contribution in [2.24, 2.45) is 10.3 Å². The largest absolute Gasteiger partial charge is 0.497 e. The van der Waals surface area contributed by atoms with E-state index in [9.17, 15) is 12.3 Å². The zero-order chi connectivity index (χ0) is 22.3. The van der Waals surface area contributed by atoms with Gasteiger partial charge in [-0.1, -0.05) is 61.0 Å². The summed E-state index contributed by atoms with van der Waals surface area (Å²) in [5.41, 5.74) is 2.81. The van der Waals surface area contributed by atoms with Gasteiger partial charge in [-0.25, -0.2) is 5.01 Å². The highest BCUT2D eigenvalue weighted by Crippen LogP contribution is 2.31. The molecule has 0 aliphatic heterocycles. The van der Waals surface area contributed by atoms with Crippen LogP contribution < -0.4 is 9.75 Å². The van der Waals surface area contributed by atoms with Gasteiger partial charge in [0.25, 0.3) is 0 Å². The summed E-state index contributed by atoms with van der Waals surface area (Å²) in [5, 5.41) is 10.0. The van der Waals surface area contributed by atoms with E-state index >= 15 is 0 Å². The summed E-state index contributed by atoms with van der Waals surface area (Å²) in [6.45, 7) is 2.51. The maximum atomic E-state index is 13.8. The Bertz CT molecular complexity index is 1150. The lowest BCUT2D eigenvalue weighted by Crippen LogP contribution is -2.15. The lowest BCUT2D eigenvalue weighted by molar-refractivity contribution is 0.414. The molecule has 0 amide bonds. The minimum absolute atomic E-state index is 0.135. The van der Waals surface area contributed by atoms with E-state index in [1.165, 1.54) is 19.2 Å². The molecule has 31 heavy (non-hydrogen) atoms. The molecule has 0 aliphatic rings. The van der Waals surface area contributed by atoms with Crippen LogP contribution in [0, 0.1) is 0 Å². The molecule has 3 aromatic carbocycles. The molecule has 0 atom stereocenters. The van der Waals surface area contributed by atoms with Crippen LogP contribution in [0.25, 0.3) is 0 Å². The Labute approximate surface area is 182 Å². The first-order chi connectivity index (χ1) is 14.9. The summed E-state index contributed by atoms with van der Waals surface area (Å²) < 4.78 is 42.0. The van der Waals surface area contributed by atoms with Crippen molar-refractivity contribution in [2.75, 3.05) is 12.1 Å². The van der Waals surface area contributed by atoms with Gasteiger partial charge in [-0.3, -0.25) is 0 Å². The molecule has 162 valence electrons. The van der Waals surface area contributed by atoms with Gasteiger partial charge in [-0.05, 0) is 41.8 Å². The molecule has 0 aromatic heterocycles. The standard InChI is InChI=1S/C23H24FN3O3S/c1-3-8-18-11-7-12-20(15-18)27(17-19-9-5-4-6-10-19)26-25-22-16-21(30-2)13-14-23(22)31(24,28)29/h4-7,9-16H,3,8,17H2,1-2H3. The molecule has 0 fully saturated rings. The second-order valence-electron chi connectivity index (χ2n) is 6.92. The number of benzene rings is 3. The van der Waals surface area contributed by atoms with Crippen molar-refractivity contribution in [3.8, 4) is 5.75 Å². The average molecular weight is 442 g/mol. The van der Waals surface area contributed by atoms with Gasteiger partial charge in [0.15, 0.2) is 0 Å². The molecule has 0 saturated heterocycles. The Morgan fingerprint density at radius 1 is 0.968 bits per heavy atom. The maximum Gasteiger partial charge on any atom is 0.334 e. The molecule has 3 aromatic rings. The lowest BCUT2D eigenvalue weighted by atomic mass is 10.1. The van der Waals surface area contributed by atoms with Gasteiger partial charge in [-0.2, -0.15) is 8.42 Å². The van der Waals surface area contributed by atoms with Crippen molar-refractivity contribution >= 4 is 21.6 Å². The molecule has 0 radical (unpaired) electrons. The van der Waals surface area contributed by atoms with Gasteiger partial charge in [0, 0.05) is 6.07 Å². The van der Waals surface area contributed by atoms with E-state index in [4.69, 9.17) is 4.74 Å². The quantitative estimate of drug-likeness (QED) is 0.232. The highest BCUT2D eigenvalue weighted by atomic mass is 32.3. The molecule has 3 rings (SSSR count). The second-order valence-corrected chi connectivity index (χ2v) is 8.24. The van der Waals surface area contributed by atoms with Gasteiger partial charge in [0.1, 0.15) is 16.3 Å². The van der Waals surface area contributed by atoms with Crippen LogP contribution in [-0.4, -0.2) is 15.5 Å². The van der Waals surface area contributed by atoms with Gasteiger partial charge < -0.3 is 4.74 Å². The molecule has 0 N–H and O–H groups in total. The monoisotopic (exact) mass is 441 g/mol. The Morgan fingerprint density at radius 2 is 1.71 bits per heavy atom. The van der Waals surface area contributed by atoms with Crippen molar-refractivity contribution in [3.05, 3.63) is 83.9 Å². The fourth-order valence-corrected chi connectivity index (χ4v) is 3.68. The van der Waals surface area contributed by atoms with E-state index in [0.717, 1.165) is 35.7 Å². The summed E-state index contributed by atoms with van der Waals surface area (Å²) in [6, 6.07) is 21.4. The van der Waals surface area contributed by atoms with Crippen molar-refractivity contribution in [1.29, 1.82) is 0 Å². The summed E-state index contributed by atoms with van der Waals surface area (Å²) in [7, 11) is -3.54. The van der Waals surface area contributed by atoms with Crippen LogP contribution >= 0.6 is 0 Å². The van der Waals surface area contributed by atoms with E-state index in [1.54, 1.807) is 5.01 Å². The SMILES string of the molecule is CCCc1cccc(N(Cc2ccccc2)N=Nc2cc(OC)ccc2S(=O)(=O)F)c1. The van der Waals surface area contributed by atoms with Gasteiger partial charge in [0.05, 0.1) is 19.3 Å².